The molecule has 0 unspecified atom stereocenters. The van der Waals surface area contributed by atoms with Crippen LogP contribution in [0, 0.1) is 19.3 Å². The van der Waals surface area contributed by atoms with Crippen molar-refractivity contribution in [2.45, 2.75) is 46.3 Å². The summed E-state index contributed by atoms with van der Waals surface area (Å²) >= 11 is 5.60. The SMILES string of the molecule is [C-]#[N+]c1ccc(N2C(=O)C(C)(C)N(c3ccc(COCC(=O)CC)cc3)C2=S)c(F)c1C. The van der Waals surface area contributed by atoms with Crippen molar-refractivity contribution in [3.05, 3.63) is 64.8 Å². The van der Waals surface area contributed by atoms with Crippen molar-refractivity contribution in [2.75, 3.05) is 16.4 Å². The lowest BCUT2D eigenvalue weighted by Gasteiger charge is -2.29. The predicted octanol–water partition coefficient (Wildman–Crippen LogP) is 5.10. The Bertz CT molecular complexity index is 1120. The quantitative estimate of drug-likeness (QED) is 0.431. The number of hydrogen-bond acceptors (Lipinski definition) is 4. The molecule has 0 aliphatic carbocycles. The van der Waals surface area contributed by atoms with Gasteiger partial charge in [0.25, 0.3) is 5.91 Å². The Balaban J connectivity index is 1.88. The van der Waals surface area contributed by atoms with Crippen LogP contribution < -0.4 is 9.80 Å². The number of rotatable bonds is 7. The van der Waals surface area contributed by atoms with Gasteiger partial charge in [-0.1, -0.05) is 25.1 Å². The molecule has 166 valence electrons. The number of ketones is 1. The van der Waals surface area contributed by atoms with E-state index in [1.54, 1.807) is 25.7 Å². The maximum Gasteiger partial charge on any atom is 0.259 e. The Labute approximate surface area is 192 Å². The summed E-state index contributed by atoms with van der Waals surface area (Å²) in [6.45, 7) is 14.3. The van der Waals surface area contributed by atoms with Crippen LogP contribution in [-0.2, 0) is 20.9 Å². The topological polar surface area (TPSA) is 54.2 Å². The van der Waals surface area contributed by atoms with Gasteiger partial charge in [-0.3, -0.25) is 14.5 Å². The van der Waals surface area contributed by atoms with Gasteiger partial charge in [-0.15, -0.1) is 0 Å². The third-order valence-corrected chi connectivity index (χ3v) is 5.85. The number of benzene rings is 2. The second kappa shape index (κ2) is 9.15. The molecule has 8 heteroatoms. The molecule has 0 atom stereocenters. The molecule has 0 bridgehead atoms. The Hall–Kier alpha value is -3.15. The number of halogens is 1. The zero-order valence-corrected chi connectivity index (χ0v) is 19.3. The molecule has 1 aliphatic heterocycles. The number of hydrogen-bond donors (Lipinski definition) is 0. The van der Waals surface area contributed by atoms with Crippen molar-refractivity contribution in [1.29, 1.82) is 0 Å². The van der Waals surface area contributed by atoms with Gasteiger partial charge in [0.2, 0.25) is 0 Å². The van der Waals surface area contributed by atoms with Crippen molar-refractivity contribution in [3.63, 3.8) is 0 Å². The molecule has 1 fully saturated rings. The average molecular weight is 454 g/mol. The lowest BCUT2D eigenvalue weighted by Crippen LogP contribution is -2.44. The minimum Gasteiger partial charge on any atom is -0.369 e. The molecule has 1 aliphatic rings. The first-order valence-corrected chi connectivity index (χ1v) is 10.6. The fraction of sp³-hybridized carbons (Fsp3) is 0.333. The zero-order chi connectivity index (χ0) is 23.6. The summed E-state index contributed by atoms with van der Waals surface area (Å²) in [5.74, 6) is -0.959. The highest BCUT2D eigenvalue weighted by Crippen LogP contribution is 2.39. The van der Waals surface area contributed by atoms with E-state index in [2.05, 4.69) is 4.85 Å². The highest BCUT2D eigenvalue weighted by Gasteiger charge is 2.50. The van der Waals surface area contributed by atoms with Crippen LogP contribution in [0.3, 0.4) is 0 Å². The molecule has 0 N–H and O–H groups in total. The number of ether oxygens (including phenoxy) is 1. The number of carbonyl (C=O) groups excluding carboxylic acids is 2. The number of anilines is 2. The van der Waals surface area contributed by atoms with E-state index >= 15 is 4.39 Å². The maximum absolute atomic E-state index is 15.0. The molecule has 2 aromatic carbocycles. The molecule has 0 spiro atoms. The molecule has 0 aromatic heterocycles. The van der Waals surface area contributed by atoms with E-state index in [-0.39, 0.29) is 40.3 Å². The van der Waals surface area contributed by atoms with Crippen molar-refractivity contribution < 1.29 is 18.7 Å². The summed E-state index contributed by atoms with van der Waals surface area (Å²) < 4.78 is 20.5. The summed E-state index contributed by atoms with van der Waals surface area (Å²) in [4.78, 5) is 30.8. The van der Waals surface area contributed by atoms with Gasteiger partial charge in [-0.25, -0.2) is 9.24 Å². The van der Waals surface area contributed by atoms with E-state index < -0.39 is 11.4 Å². The zero-order valence-electron chi connectivity index (χ0n) is 18.4. The highest BCUT2D eigenvalue weighted by atomic mass is 32.1. The minimum absolute atomic E-state index is 0.0334. The van der Waals surface area contributed by atoms with Gasteiger partial charge in [0.1, 0.15) is 18.0 Å². The van der Waals surface area contributed by atoms with E-state index in [0.717, 1.165) is 5.56 Å². The summed E-state index contributed by atoms with van der Waals surface area (Å²) in [7, 11) is 0. The first kappa shape index (κ1) is 23.5. The first-order chi connectivity index (χ1) is 15.1. The minimum atomic E-state index is -1.04. The largest absolute Gasteiger partial charge is 0.369 e. The molecular formula is C24H24FN3O3S. The van der Waals surface area contributed by atoms with Gasteiger partial charge in [0.15, 0.2) is 16.6 Å². The van der Waals surface area contributed by atoms with Crippen LogP contribution in [0.25, 0.3) is 4.85 Å². The van der Waals surface area contributed by atoms with Crippen molar-refractivity contribution in [1.82, 2.24) is 0 Å². The molecule has 0 saturated carbocycles. The van der Waals surface area contributed by atoms with Crippen molar-refractivity contribution >= 4 is 46.1 Å². The lowest BCUT2D eigenvalue weighted by molar-refractivity contribution is -0.123. The third kappa shape index (κ3) is 4.14. The third-order valence-electron chi connectivity index (χ3n) is 5.49. The van der Waals surface area contributed by atoms with Gasteiger partial charge in [0.05, 0.1) is 18.9 Å². The van der Waals surface area contributed by atoms with Crippen LogP contribution >= 0.6 is 12.2 Å². The van der Waals surface area contributed by atoms with E-state index in [9.17, 15) is 9.59 Å². The molecule has 1 saturated heterocycles. The molecular weight excluding hydrogens is 429 g/mol. The van der Waals surface area contributed by atoms with Crippen molar-refractivity contribution in [2.24, 2.45) is 0 Å². The molecule has 32 heavy (non-hydrogen) atoms. The number of nitrogens with zero attached hydrogens (tertiary/aromatic N) is 3. The van der Waals surface area contributed by atoms with Crippen LogP contribution in [0.2, 0.25) is 0 Å². The monoisotopic (exact) mass is 453 g/mol. The molecule has 1 heterocycles. The van der Waals surface area contributed by atoms with Crippen LogP contribution in [0.5, 0.6) is 0 Å². The summed E-state index contributed by atoms with van der Waals surface area (Å²) in [5, 5.41) is 0.159. The summed E-state index contributed by atoms with van der Waals surface area (Å²) in [6.07, 6.45) is 0.436. The highest BCUT2D eigenvalue weighted by molar-refractivity contribution is 7.81. The molecule has 2 aromatic rings. The predicted molar refractivity (Wildman–Crippen MR) is 125 cm³/mol. The van der Waals surface area contributed by atoms with Gasteiger partial charge in [-0.2, -0.15) is 0 Å². The van der Waals surface area contributed by atoms with Crippen LogP contribution in [0.1, 0.15) is 38.3 Å². The number of Topliss-reactive ketones (excluding diaryl/α,β-unsaturated/α-hetero) is 1. The van der Waals surface area contributed by atoms with Gasteiger partial charge >= 0.3 is 0 Å². The molecule has 6 nitrogen and oxygen atoms in total. The summed E-state index contributed by atoms with van der Waals surface area (Å²) in [5.41, 5.74) is 0.917. The molecule has 0 radical (unpaired) electrons. The fourth-order valence-electron chi connectivity index (χ4n) is 3.52. The Morgan fingerprint density at radius 3 is 2.47 bits per heavy atom. The smallest absolute Gasteiger partial charge is 0.259 e. The average Bonchev–Trinajstić information content (AvgIpc) is 2.94. The standard InChI is InChI=1S/C24H24FN3O3S/c1-6-18(29)14-31-13-16-7-9-17(10-8-16)28-23(32)27(22(30)24(28,3)4)20-12-11-19(26-5)15(2)21(20)25/h7-12H,6,13-14H2,1-4H3. The number of thiocarbonyl (C=S) groups is 1. The number of carbonyl (C=O) groups is 2. The normalized spacial score (nSPS) is 15.2. The molecule has 1 amide bonds. The van der Waals surface area contributed by atoms with E-state index in [4.69, 9.17) is 23.5 Å². The van der Waals surface area contributed by atoms with Crippen LogP contribution in [-0.4, -0.2) is 28.9 Å². The molecule has 3 rings (SSSR count). The van der Waals surface area contributed by atoms with Crippen LogP contribution in [0.4, 0.5) is 21.5 Å². The second-order valence-electron chi connectivity index (χ2n) is 8.02. The Kier molecular flexibility index (Phi) is 6.72. The lowest BCUT2D eigenvalue weighted by atomic mass is 10.0. The Morgan fingerprint density at radius 2 is 1.88 bits per heavy atom. The van der Waals surface area contributed by atoms with E-state index in [0.29, 0.717) is 18.7 Å². The Morgan fingerprint density at radius 1 is 1.22 bits per heavy atom. The van der Waals surface area contributed by atoms with E-state index in [1.807, 2.05) is 24.3 Å². The van der Waals surface area contributed by atoms with E-state index in [1.165, 1.54) is 24.0 Å². The maximum atomic E-state index is 15.0. The second-order valence-corrected chi connectivity index (χ2v) is 8.39. The van der Waals surface area contributed by atoms with Gasteiger partial charge < -0.3 is 9.64 Å². The summed E-state index contributed by atoms with van der Waals surface area (Å²) in [6, 6.07) is 10.2. The van der Waals surface area contributed by atoms with Crippen LogP contribution in [0.15, 0.2) is 36.4 Å². The number of amides is 1. The van der Waals surface area contributed by atoms with Gasteiger partial charge in [0, 0.05) is 12.1 Å². The fourth-order valence-corrected chi connectivity index (χ4v) is 4.04. The van der Waals surface area contributed by atoms with Crippen molar-refractivity contribution in [3.8, 4) is 0 Å². The van der Waals surface area contributed by atoms with Gasteiger partial charge in [-0.05, 0) is 62.3 Å². The first-order valence-electron chi connectivity index (χ1n) is 10.2.